The molecule has 29 heavy (non-hydrogen) atoms. The van der Waals surface area contributed by atoms with Gasteiger partial charge in [0.2, 0.25) is 11.9 Å². The van der Waals surface area contributed by atoms with E-state index in [9.17, 15) is 31.1 Å². The van der Waals surface area contributed by atoms with Gasteiger partial charge in [0.25, 0.3) is 0 Å². The van der Waals surface area contributed by atoms with E-state index >= 15 is 0 Å². The zero-order valence-electron chi connectivity index (χ0n) is 15.4. The summed E-state index contributed by atoms with van der Waals surface area (Å²) in [5.74, 6) is -3.17. The van der Waals surface area contributed by atoms with Crippen molar-refractivity contribution < 1.29 is 31.1 Å². The minimum atomic E-state index is -4.59. The first kappa shape index (κ1) is 21.2. The summed E-state index contributed by atoms with van der Waals surface area (Å²) in [5.41, 5.74) is 5.79. The van der Waals surface area contributed by atoms with Crippen LogP contribution in [0.15, 0.2) is 12.1 Å². The summed E-state index contributed by atoms with van der Waals surface area (Å²) in [7, 11) is 0.985. The Morgan fingerprint density at radius 1 is 1.31 bits per heavy atom. The predicted molar refractivity (Wildman–Crippen MR) is 93.0 cm³/mol. The van der Waals surface area contributed by atoms with Crippen LogP contribution in [-0.2, 0) is 11.3 Å². The number of imidazole rings is 1. The van der Waals surface area contributed by atoms with Gasteiger partial charge in [0.15, 0.2) is 11.6 Å². The van der Waals surface area contributed by atoms with Gasteiger partial charge in [-0.15, -0.1) is 0 Å². The first-order chi connectivity index (χ1) is 13.5. The fourth-order valence-corrected chi connectivity index (χ4v) is 3.25. The Morgan fingerprint density at radius 3 is 2.59 bits per heavy atom. The number of likely N-dealkylation sites (N-methyl/N-ethyl adjacent to an activating group) is 1. The van der Waals surface area contributed by atoms with E-state index in [4.69, 9.17) is 5.73 Å². The van der Waals surface area contributed by atoms with Crippen LogP contribution in [-0.4, -0.2) is 65.4 Å². The third kappa shape index (κ3) is 4.57. The molecule has 0 unspecified atom stereocenters. The molecular weight excluding hydrogens is 404 g/mol. The van der Waals surface area contributed by atoms with Gasteiger partial charge in [0, 0.05) is 32.3 Å². The highest BCUT2D eigenvalue weighted by Crippen LogP contribution is 2.28. The predicted octanol–water partition coefficient (Wildman–Crippen LogP) is 2.21. The first-order valence-electron chi connectivity index (χ1n) is 8.77. The number of aromatic nitrogens is 2. The van der Waals surface area contributed by atoms with Gasteiger partial charge in [-0.3, -0.25) is 4.79 Å². The molecule has 1 aromatic heterocycles. The number of anilines is 1. The molecule has 1 saturated heterocycles. The number of nitrogens with zero attached hydrogens (tertiary/aromatic N) is 4. The standard InChI is InChI=1S/C17H19F6N5O/c1-26(8-17(21,22)23)15(29)7-28-14-5-11(20)10(19)4-13(14)25-16(28)27-3-2-9(18)12(24)6-27/h4-5,9,12H,2-3,6-8,24H2,1H3/t9-,12-/m1/s1. The number of hydrogen-bond donors (Lipinski definition) is 1. The Balaban J connectivity index is 1.99. The zero-order valence-corrected chi connectivity index (χ0v) is 15.4. The quantitative estimate of drug-likeness (QED) is 0.766. The molecule has 3 rings (SSSR count). The fourth-order valence-electron chi connectivity index (χ4n) is 3.25. The molecule has 1 aliphatic rings. The number of rotatable bonds is 4. The van der Waals surface area contributed by atoms with Crippen molar-refractivity contribution >= 4 is 22.9 Å². The zero-order chi connectivity index (χ0) is 21.5. The molecular formula is C17H19F6N5O. The van der Waals surface area contributed by atoms with Gasteiger partial charge in [-0.1, -0.05) is 0 Å². The normalized spacial score (nSPS) is 20.3. The summed E-state index contributed by atoms with van der Waals surface area (Å²) in [4.78, 5) is 18.6. The second-order valence-electron chi connectivity index (χ2n) is 7.03. The van der Waals surface area contributed by atoms with E-state index in [0.717, 1.165) is 19.2 Å². The molecule has 1 amide bonds. The van der Waals surface area contributed by atoms with E-state index in [-0.39, 0.29) is 36.5 Å². The van der Waals surface area contributed by atoms with Crippen LogP contribution in [0.1, 0.15) is 6.42 Å². The van der Waals surface area contributed by atoms with Gasteiger partial charge in [-0.2, -0.15) is 13.2 Å². The van der Waals surface area contributed by atoms with Crippen molar-refractivity contribution in [3.8, 4) is 0 Å². The number of carbonyl (C=O) groups excluding carboxylic acids is 1. The molecule has 160 valence electrons. The van der Waals surface area contributed by atoms with Crippen LogP contribution >= 0.6 is 0 Å². The molecule has 2 N–H and O–H groups in total. The molecule has 0 spiro atoms. The number of amides is 1. The van der Waals surface area contributed by atoms with Crippen molar-refractivity contribution in [2.75, 3.05) is 31.6 Å². The molecule has 0 aliphatic carbocycles. The lowest BCUT2D eigenvalue weighted by Gasteiger charge is -2.34. The highest BCUT2D eigenvalue weighted by Gasteiger charge is 2.33. The van der Waals surface area contributed by atoms with E-state index in [1.54, 1.807) is 4.90 Å². The number of nitrogens with two attached hydrogens (primary N) is 1. The van der Waals surface area contributed by atoms with Gasteiger partial charge in [-0.05, 0) is 6.42 Å². The maximum absolute atomic E-state index is 13.8. The number of piperidine rings is 1. The van der Waals surface area contributed by atoms with E-state index in [1.165, 1.54) is 4.57 Å². The average Bonchev–Trinajstić information content (AvgIpc) is 2.94. The highest BCUT2D eigenvalue weighted by atomic mass is 19.4. The molecule has 1 aliphatic heterocycles. The third-order valence-corrected chi connectivity index (χ3v) is 4.76. The first-order valence-corrected chi connectivity index (χ1v) is 8.77. The highest BCUT2D eigenvalue weighted by molar-refractivity contribution is 5.83. The van der Waals surface area contributed by atoms with E-state index in [1.807, 2.05) is 0 Å². The van der Waals surface area contributed by atoms with Gasteiger partial charge < -0.3 is 20.1 Å². The SMILES string of the molecule is CN(CC(F)(F)F)C(=O)Cn1c(N2CC[C@@H](F)[C@H](N)C2)nc2cc(F)c(F)cc21. The fraction of sp³-hybridized carbons (Fsp3) is 0.529. The van der Waals surface area contributed by atoms with Crippen molar-refractivity contribution in [2.45, 2.75) is 31.4 Å². The maximum Gasteiger partial charge on any atom is 0.406 e. The minimum Gasteiger partial charge on any atom is -0.340 e. The Hall–Kier alpha value is -2.50. The van der Waals surface area contributed by atoms with E-state index < -0.39 is 49.0 Å². The largest absolute Gasteiger partial charge is 0.406 e. The summed E-state index contributed by atoms with van der Waals surface area (Å²) < 4.78 is 80.0. The molecule has 2 atom stereocenters. The summed E-state index contributed by atoms with van der Waals surface area (Å²) in [6.07, 6.45) is -5.75. The van der Waals surface area contributed by atoms with Crippen molar-refractivity contribution in [3.63, 3.8) is 0 Å². The maximum atomic E-state index is 13.8. The molecule has 2 heterocycles. The molecule has 6 nitrogen and oxygen atoms in total. The molecule has 1 fully saturated rings. The molecule has 0 saturated carbocycles. The van der Waals surface area contributed by atoms with Crippen LogP contribution in [0.4, 0.5) is 32.3 Å². The van der Waals surface area contributed by atoms with E-state index in [2.05, 4.69) is 4.98 Å². The molecule has 2 aromatic rings. The van der Waals surface area contributed by atoms with Crippen molar-refractivity contribution in [3.05, 3.63) is 23.8 Å². The lowest BCUT2D eigenvalue weighted by molar-refractivity contribution is -0.158. The molecule has 0 radical (unpaired) electrons. The van der Waals surface area contributed by atoms with Crippen LogP contribution in [0, 0.1) is 11.6 Å². The summed E-state index contributed by atoms with van der Waals surface area (Å²) in [6, 6.07) is 0.810. The van der Waals surface area contributed by atoms with Crippen LogP contribution in [0.25, 0.3) is 11.0 Å². The average molecular weight is 423 g/mol. The summed E-state index contributed by atoms with van der Waals surface area (Å²) in [5, 5.41) is 0. The summed E-state index contributed by atoms with van der Waals surface area (Å²) in [6.45, 7) is -1.85. The number of alkyl halides is 4. The van der Waals surface area contributed by atoms with Crippen LogP contribution in [0.5, 0.6) is 0 Å². The van der Waals surface area contributed by atoms with Crippen LogP contribution < -0.4 is 10.6 Å². The van der Waals surface area contributed by atoms with Gasteiger partial charge >= 0.3 is 6.18 Å². The number of hydrogen-bond acceptors (Lipinski definition) is 4. The monoisotopic (exact) mass is 423 g/mol. The smallest absolute Gasteiger partial charge is 0.340 e. The lowest BCUT2D eigenvalue weighted by atomic mass is 10.1. The Bertz CT molecular complexity index is 914. The van der Waals surface area contributed by atoms with E-state index in [0.29, 0.717) is 4.90 Å². The van der Waals surface area contributed by atoms with Gasteiger partial charge in [0.05, 0.1) is 17.1 Å². The summed E-state index contributed by atoms with van der Waals surface area (Å²) >= 11 is 0. The van der Waals surface area contributed by atoms with Crippen LogP contribution in [0.2, 0.25) is 0 Å². The topological polar surface area (TPSA) is 67.4 Å². The third-order valence-electron chi connectivity index (χ3n) is 4.76. The Morgan fingerprint density at radius 2 is 1.97 bits per heavy atom. The van der Waals surface area contributed by atoms with Crippen molar-refractivity contribution in [1.82, 2.24) is 14.5 Å². The Kier molecular flexibility index (Phi) is 5.65. The molecule has 12 heteroatoms. The number of benzene rings is 1. The second-order valence-corrected chi connectivity index (χ2v) is 7.03. The molecule has 1 aromatic carbocycles. The van der Waals surface area contributed by atoms with Crippen LogP contribution in [0.3, 0.4) is 0 Å². The lowest BCUT2D eigenvalue weighted by Crippen LogP contribution is -2.50. The number of halogens is 6. The van der Waals surface area contributed by atoms with Gasteiger partial charge in [0.1, 0.15) is 19.3 Å². The second kappa shape index (κ2) is 7.73. The van der Waals surface area contributed by atoms with Crippen molar-refractivity contribution in [1.29, 1.82) is 0 Å². The Labute approximate surface area is 161 Å². The van der Waals surface area contributed by atoms with Crippen molar-refractivity contribution in [2.24, 2.45) is 5.73 Å². The number of fused-ring (bicyclic) bond motifs is 1. The van der Waals surface area contributed by atoms with Gasteiger partial charge in [-0.25, -0.2) is 18.2 Å². The molecule has 0 bridgehead atoms. The minimum absolute atomic E-state index is 0.0149. The number of carbonyl (C=O) groups is 1.